The lowest BCUT2D eigenvalue weighted by molar-refractivity contribution is -0.176. The highest BCUT2D eigenvalue weighted by Crippen LogP contribution is 2.77. The molecule has 0 radical (unpaired) electrons. The van der Waals surface area contributed by atoms with Gasteiger partial charge >= 0.3 is 5.97 Å². The van der Waals surface area contributed by atoms with E-state index in [0.29, 0.717) is 18.1 Å². The van der Waals surface area contributed by atoms with E-state index in [1.54, 1.807) is 7.11 Å². The molecular formula is C23H28O4. The molecule has 0 amide bonds. The van der Waals surface area contributed by atoms with E-state index in [1.807, 2.05) is 6.07 Å². The van der Waals surface area contributed by atoms with E-state index < -0.39 is 5.60 Å². The third-order valence-electron chi connectivity index (χ3n) is 8.79. The maximum atomic E-state index is 13.5. The van der Waals surface area contributed by atoms with Crippen molar-refractivity contribution in [2.75, 3.05) is 7.11 Å². The third kappa shape index (κ3) is 1.94. The van der Waals surface area contributed by atoms with Gasteiger partial charge in [0, 0.05) is 24.7 Å². The summed E-state index contributed by atoms with van der Waals surface area (Å²) in [6, 6.07) is 6.22. The highest BCUT2D eigenvalue weighted by atomic mass is 16.6. The molecule has 0 aromatic heterocycles. The van der Waals surface area contributed by atoms with Gasteiger partial charge in [-0.2, -0.15) is 0 Å². The van der Waals surface area contributed by atoms with Gasteiger partial charge in [-0.25, -0.2) is 0 Å². The van der Waals surface area contributed by atoms with Crippen LogP contribution in [0.5, 0.6) is 5.75 Å². The number of esters is 1. The van der Waals surface area contributed by atoms with Crippen LogP contribution in [0.3, 0.4) is 0 Å². The second-order valence-electron chi connectivity index (χ2n) is 9.41. The van der Waals surface area contributed by atoms with Crippen molar-refractivity contribution in [2.45, 2.75) is 70.3 Å². The van der Waals surface area contributed by atoms with Gasteiger partial charge < -0.3 is 9.47 Å². The topological polar surface area (TPSA) is 52.6 Å². The van der Waals surface area contributed by atoms with Crippen molar-refractivity contribution in [1.82, 2.24) is 0 Å². The quantitative estimate of drug-likeness (QED) is 0.734. The summed E-state index contributed by atoms with van der Waals surface area (Å²) in [7, 11) is 1.69. The molecule has 0 aliphatic heterocycles. The van der Waals surface area contributed by atoms with Gasteiger partial charge in [0.2, 0.25) is 0 Å². The van der Waals surface area contributed by atoms with Crippen LogP contribution in [0.25, 0.3) is 0 Å². The van der Waals surface area contributed by atoms with Crippen LogP contribution in [0, 0.1) is 16.7 Å². The molecule has 0 heterocycles. The lowest BCUT2D eigenvalue weighted by atomic mass is 9.47. The fourth-order valence-corrected chi connectivity index (χ4v) is 7.64. The molecule has 3 atom stereocenters. The zero-order valence-corrected chi connectivity index (χ0v) is 16.5. The zero-order chi connectivity index (χ0) is 19.0. The number of fused-ring (bicyclic) bond motifs is 3. The predicted molar refractivity (Wildman–Crippen MR) is 101 cm³/mol. The molecule has 1 aromatic carbocycles. The number of hydrogen-bond donors (Lipinski definition) is 0. The first kappa shape index (κ1) is 17.3. The van der Waals surface area contributed by atoms with Crippen molar-refractivity contribution in [2.24, 2.45) is 16.7 Å². The lowest BCUT2D eigenvalue weighted by Crippen LogP contribution is -2.56. The van der Waals surface area contributed by atoms with E-state index in [2.05, 4.69) is 19.1 Å². The van der Waals surface area contributed by atoms with Gasteiger partial charge in [-0.1, -0.05) is 13.0 Å². The maximum absolute atomic E-state index is 13.5. The highest BCUT2D eigenvalue weighted by Gasteiger charge is 2.76. The van der Waals surface area contributed by atoms with Gasteiger partial charge in [0.15, 0.2) is 0 Å². The fraction of sp³-hybridized carbons (Fsp3) is 0.652. The Morgan fingerprint density at radius 2 is 1.93 bits per heavy atom. The Kier molecular flexibility index (Phi) is 3.43. The Balaban J connectivity index is 1.60. The summed E-state index contributed by atoms with van der Waals surface area (Å²) in [5.74, 6) is 1.37. The van der Waals surface area contributed by atoms with Gasteiger partial charge in [-0.15, -0.1) is 0 Å². The van der Waals surface area contributed by atoms with E-state index in [1.165, 1.54) is 18.1 Å². The molecule has 27 heavy (non-hydrogen) atoms. The summed E-state index contributed by atoms with van der Waals surface area (Å²) < 4.78 is 11.4. The summed E-state index contributed by atoms with van der Waals surface area (Å²) in [5.41, 5.74) is 1.96. The number of carbonyl (C=O) groups excluding carboxylic acids is 2. The maximum Gasteiger partial charge on any atom is 0.303 e. The first-order chi connectivity index (χ1) is 12.9. The largest absolute Gasteiger partial charge is 0.497 e. The summed E-state index contributed by atoms with van der Waals surface area (Å²) in [6.07, 6.45) is 6.56. The molecule has 0 saturated heterocycles. The number of rotatable bonds is 2. The molecule has 0 unspecified atom stereocenters. The zero-order valence-electron chi connectivity index (χ0n) is 16.5. The van der Waals surface area contributed by atoms with Crippen molar-refractivity contribution in [3.05, 3.63) is 29.3 Å². The Morgan fingerprint density at radius 1 is 1.19 bits per heavy atom. The lowest BCUT2D eigenvalue weighted by Gasteiger charge is -2.56. The number of benzene rings is 1. The Hall–Kier alpha value is -1.84. The number of Topliss-reactive ketones (excluding diaryl/α,β-unsaturated/α-hetero) is 1. The molecule has 4 heteroatoms. The second kappa shape index (κ2) is 5.36. The molecule has 4 aliphatic rings. The van der Waals surface area contributed by atoms with Crippen LogP contribution in [-0.2, 0) is 20.7 Å². The minimum atomic E-state index is -0.431. The molecule has 3 fully saturated rings. The van der Waals surface area contributed by atoms with E-state index in [-0.39, 0.29) is 22.7 Å². The van der Waals surface area contributed by atoms with E-state index >= 15 is 0 Å². The van der Waals surface area contributed by atoms with E-state index in [4.69, 9.17) is 9.47 Å². The minimum absolute atomic E-state index is 0.000964. The molecule has 1 aromatic rings. The number of aryl methyl sites for hydroxylation is 1. The van der Waals surface area contributed by atoms with Crippen molar-refractivity contribution in [3.63, 3.8) is 0 Å². The monoisotopic (exact) mass is 368 g/mol. The van der Waals surface area contributed by atoms with Gasteiger partial charge in [0.25, 0.3) is 0 Å². The van der Waals surface area contributed by atoms with Gasteiger partial charge in [-0.05, 0) is 73.1 Å². The van der Waals surface area contributed by atoms with Crippen LogP contribution in [0.1, 0.15) is 69.4 Å². The van der Waals surface area contributed by atoms with Crippen molar-refractivity contribution in [1.29, 1.82) is 0 Å². The van der Waals surface area contributed by atoms with E-state index in [0.717, 1.165) is 44.3 Å². The van der Waals surface area contributed by atoms with Crippen LogP contribution < -0.4 is 4.74 Å². The first-order valence-corrected chi connectivity index (χ1v) is 10.2. The minimum Gasteiger partial charge on any atom is -0.497 e. The van der Waals surface area contributed by atoms with Gasteiger partial charge in [-0.3, -0.25) is 9.59 Å². The second-order valence-corrected chi connectivity index (χ2v) is 9.41. The number of hydrogen-bond acceptors (Lipinski definition) is 4. The summed E-state index contributed by atoms with van der Waals surface area (Å²) in [6.45, 7) is 3.75. The van der Waals surface area contributed by atoms with E-state index in [9.17, 15) is 9.59 Å². The smallest absolute Gasteiger partial charge is 0.303 e. The third-order valence-corrected chi connectivity index (χ3v) is 8.79. The molecule has 2 bridgehead atoms. The normalized spacial score (nSPS) is 41.5. The summed E-state index contributed by atoms with van der Waals surface area (Å²) in [5, 5.41) is 0. The highest BCUT2D eigenvalue weighted by molar-refractivity contribution is 5.89. The van der Waals surface area contributed by atoms with Crippen molar-refractivity contribution in [3.8, 4) is 5.75 Å². The Bertz CT molecular complexity index is 833. The number of ketones is 1. The van der Waals surface area contributed by atoms with Crippen LogP contribution in [-0.4, -0.2) is 24.5 Å². The molecule has 5 rings (SSSR count). The molecule has 144 valence electrons. The standard InChI is InChI=1S/C23H28O4/c1-14(24)27-23-10-8-22(9-11-23)18-7-4-15-12-16(26-3)5-6-17(15)20(18)19(25)13-21(22,23)2/h5-6,12,18,20H,4,7-11,13H2,1-3H3/t18-,20-,21+,22?,23?/m1/s1. The van der Waals surface area contributed by atoms with Crippen LogP contribution in [0.2, 0.25) is 0 Å². The van der Waals surface area contributed by atoms with Crippen LogP contribution in [0.15, 0.2) is 18.2 Å². The molecule has 4 aliphatic carbocycles. The molecule has 0 N–H and O–H groups in total. The SMILES string of the molecule is COc1ccc2c(c1)CC[C@@H]1[C@@H]2C(=O)C[C@]2(C)C3(OC(C)=O)CCC12CC3. The van der Waals surface area contributed by atoms with Crippen molar-refractivity contribution >= 4 is 11.8 Å². The molecule has 0 spiro atoms. The first-order valence-electron chi connectivity index (χ1n) is 10.2. The van der Waals surface area contributed by atoms with Crippen molar-refractivity contribution < 1.29 is 19.1 Å². The Morgan fingerprint density at radius 3 is 2.59 bits per heavy atom. The molecule has 3 saturated carbocycles. The predicted octanol–water partition coefficient (Wildman–Crippen LogP) is 4.20. The summed E-state index contributed by atoms with van der Waals surface area (Å²) >= 11 is 0. The number of ether oxygens (including phenoxy) is 2. The average molecular weight is 368 g/mol. The number of carbonyl (C=O) groups is 2. The molecule has 4 nitrogen and oxygen atoms in total. The number of methoxy groups -OCH3 is 1. The van der Waals surface area contributed by atoms with Crippen LogP contribution >= 0.6 is 0 Å². The Labute approximate surface area is 160 Å². The average Bonchev–Trinajstić information content (AvgIpc) is 3.02. The van der Waals surface area contributed by atoms with Gasteiger partial charge in [0.05, 0.1) is 7.11 Å². The van der Waals surface area contributed by atoms with Crippen LogP contribution in [0.4, 0.5) is 0 Å². The fourth-order valence-electron chi connectivity index (χ4n) is 7.64. The van der Waals surface area contributed by atoms with Gasteiger partial charge in [0.1, 0.15) is 17.1 Å². The molecular weight excluding hydrogens is 340 g/mol. The summed E-state index contributed by atoms with van der Waals surface area (Å²) in [4.78, 5) is 25.3.